The molecule has 4 nitrogen and oxygen atoms in total. The van der Waals surface area contributed by atoms with Crippen molar-refractivity contribution in [1.29, 1.82) is 0 Å². The summed E-state index contributed by atoms with van der Waals surface area (Å²) in [6.07, 6.45) is 0.302. The van der Waals surface area contributed by atoms with Gasteiger partial charge in [-0.1, -0.05) is 42.5 Å². The molecule has 0 saturated carbocycles. The number of aliphatic hydroxyl groups excluding tert-OH is 1. The van der Waals surface area contributed by atoms with Crippen LogP contribution in [0.4, 0.5) is 5.69 Å². The third-order valence-electron chi connectivity index (χ3n) is 2.98. The Morgan fingerprint density at radius 1 is 1.05 bits per heavy atom. The summed E-state index contributed by atoms with van der Waals surface area (Å²) in [4.78, 5) is 11.8. The molecule has 0 saturated heterocycles. The first-order chi connectivity index (χ1) is 10.3. The van der Waals surface area contributed by atoms with E-state index < -0.39 is 0 Å². The number of anilines is 1. The Morgan fingerprint density at radius 2 is 1.81 bits per heavy atom. The number of amides is 1. The Labute approximate surface area is 124 Å². The van der Waals surface area contributed by atoms with Crippen molar-refractivity contribution < 1.29 is 14.6 Å². The minimum Gasteiger partial charge on any atom is -0.392 e. The molecular weight excluding hydrogens is 266 g/mol. The van der Waals surface area contributed by atoms with Gasteiger partial charge >= 0.3 is 0 Å². The predicted molar refractivity (Wildman–Crippen MR) is 81.7 cm³/mol. The number of ether oxygens (including phenoxy) is 1. The van der Waals surface area contributed by atoms with Crippen LogP contribution in [0.3, 0.4) is 0 Å². The van der Waals surface area contributed by atoms with E-state index in [2.05, 4.69) is 5.32 Å². The summed E-state index contributed by atoms with van der Waals surface area (Å²) in [5, 5.41) is 11.8. The molecule has 21 heavy (non-hydrogen) atoms. The number of carbonyl (C=O) groups is 1. The molecule has 0 aliphatic heterocycles. The smallest absolute Gasteiger partial charge is 0.226 e. The monoisotopic (exact) mass is 285 g/mol. The van der Waals surface area contributed by atoms with Gasteiger partial charge in [0.2, 0.25) is 5.91 Å². The van der Waals surface area contributed by atoms with Crippen molar-refractivity contribution in [3.05, 3.63) is 65.7 Å². The maximum Gasteiger partial charge on any atom is 0.226 e. The lowest BCUT2D eigenvalue weighted by atomic mass is 10.2. The molecule has 0 aliphatic rings. The number of aliphatic hydroxyl groups is 1. The molecule has 0 heterocycles. The number of benzene rings is 2. The minimum atomic E-state index is -0.0989. The van der Waals surface area contributed by atoms with Crippen LogP contribution in [0.15, 0.2) is 54.6 Å². The molecule has 0 aromatic heterocycles. The van der Waals surface area contributed by atoms with Gasteiger partial charge in [0.25, 0.3) is 0 Å². The largest absolute Gasteiger partial charge is 0.392 e. The van der Waals surface area contributed by atoms with Crippen LogP contribution in [0.2, 0.25) is 0 Å². The molecule has 0 fully saturated rings. The summed E-state index contributed by atoms with van der Waals surface area (Å²) in [5.41, 5.74) is 2.55. The number of nitrogens with one attached hydrogen (secondary N) is 1. The molecule has 0 unspecified atom stereocenters. The van der Waals surface area contributed by atoms with Crippen molar-refractivity contribution in [3.63, 3.8) is 0 Å². The first kappa shape index (κ1) is 15.2. The summed E-state index contributed by atoms with van der Waals surface area (Å²) in [5.74, 6) is -0.0989. The predicted octanol–water partition coefficient (Wildman–Crippen LogP) is 2.72. The molecule has 110 valence electrons. The number of carbonyl (C=O) groups excluding carboxylic acids is 1. The fourth-order valence-electron chi connectivity index (χ4n) is 1.90. The average Bonchev–Trinajstić information content (AvgIpc) is 2.53. The Balaban J connectivity index is 1.70. The van der Waals surface area contributed by atoms with E-state index in [0.29, 0.717) is 25.3 Å². The maximum atomic E-state index is 11.8. The van der Waals surface area contributed by atoms with E-state index in [1.165, 1.54) is 0 Å². The number of hydrogen-bond donors (Lipinski definition) is 2. The van der Waals surface area contributed by atoms with Crippen LogP contribution in [-0.4, -0.2) is 17.6 Å². The van der Waals surface area contributed by atoms with Crippen molar-refractivity contribution in [2.24, 2.45) is 0 Å². The maximum absolute atomic E-state index is 11.8. The van der Waals surface area contributed by atoms with Crippen LogP contribution in [-0.2, 0) is 22.7 Å². The number of hydrogen-bond acceptors (Lipinski definition) is 3. The van der Waals surface area contributed by atoms with E-state index in [-0.39, 0.29) is 12.5 Å². The molecule has 0 aliphatic carbocycles. The molecule has 2 rings (SSSR count). The first-order valence-electron chi connectivity index (χ1n) is 6.89. The van der Waals surface area contributed by atoms with Crippen LogP contribution in [0, 0.1) is 0 Å². The van der Waals surface area contributed by atoms with Crippen molar-refractivity contribution in [2.75, 3.05) is 11.9 Å². The van der Waals surface area contributed by atoms with E-state index in [0.717, 1.165) is 11.1 Å². The molecule has 0 atom stereocenters. The van der Waals surface area contributed by atoms with Crippen LogP contribution in [0.25, 0.3) is 0 Å². The highest BCUT2D eigenvalue weighted by molar-refractivity contribution is 5.90. The Kier molecular flexibility index (Phi) is 5.94. The van der Waals surface area contributed by atoms with Gasteiger partial charge in [-0.3, -0.25) is 4.79 Å². The van der Waals surface area contributed by atoms with Crippen LogP contribution in [0.5, 0.6) is 0 Å². The van der Waals surface area contributed by atoms with Gasteiger partial charge < -0.3 is 15.2 Å². The lowest BCUT2D eigenvalue weighted by molar-refractivity contribution is -0.117. The van der Waals surface area contributed by atoms with E-state index >= 15 is 0 Å². The zero-order chi connectivity index (χ0) is 14.9. The third kappa shape index (κ3) is 5.38. The quantitative estimate of drug-likeness (QED) is 0.769. The fraction of sp³-hybridized carbons (Fsp3) is 0.235. The van der Waals surface area contributed by atoms with Crippen LogP contribution >= 0.6 is 0 Å². The van der Waals surface area contributed by atoms with E-state index in [4.69, 9.17) is 9.84 Å². The lowest BCUT2D eigenvalue weighted by Crippen LogP contribution is -2.14. The van der Waals surface area contributed by atoms with Gasteiger partial charge in [0.15, 0.2) is 0 Å². The Hall–Kier alpha value is -2.17. The molecule has 0 radical (unpaired) electrons. The highest BCUT2D eigenvalue weighted by Crippen LogP contribution is 2.11. The Bertz CT molecular complexity index is 569. The molecule has 0 spiro atoms. The summed E-state index contributed by atoms with van der Waals surface area (Å²) in [6.45, 7) is 0.846. The van der Waals surface area contributed by atoms with Crippen molar-refractivity contribution in [1.82, 2.24) is 0 Å². The highest BCUT2D eigenvalue weighted by Gasteiger charge is 2.03. The van der Waals surface area contributed by atoms with Gasteiger partial charge in [-0.05, 0) is 23.3 Å². The molecule has 4 heteroatoms. The van der Waals surface area contributed by atoms with Gasteiger partial charge in [-0.15, -0.1) is 0 Å². The first-order valence-corrected chi connectivity index (χ1v) is 6.89. The molecule has 0 bridgehead atoms. The molecular formula is C17H19NO3. The SMILES string of the molecule is O=C(CCOCc1ccccc1)Nc1cccc(CO)c1. The second kappa shape index (κ2) is 8.19. The second-order valence-electron chi connectivity index (χ2n) is 4.69. The van der Waals surface area contributed by atoms with Crippen molar-refractivity contribution in [2.45, 2.75) is 19.6 Å². The van der Waals surface area contributed by atoms with E-state index in [9.17, 15) is 4.79 Å². The normalized spacial score (nSPS) is 10.3. The van der Waals surface area contributed by atoms with Crippen molar-refractivity contribution >= 4 is 11.6 Å². The second-order valence-corrected chi connectivity index (χ2v) is 4.69. The molecule has 2 N–H and O–H groups in total. The van der Waals surface area contributed by atoms with Gasteiger partial charge in [-0.25, -0.2) is 0 Å². The van der Waals surface area contributed by atoms with E-state index in [1.54, 1.807) is 24.3 Å². The van der Waals surface area contributed by atoms with Crippen LogP contribution in [0.1, 0.15) is 17.5 Å². The van der Waals surface area contributed by atoms with Gasteiger partial charge in [0, 0.05) is 5.69 Å². The van der Waals surface area contributed by atoms with Gasteiger partial charge in [0.05, 0.1) is 26.2 Å². The van der Waals surface area contributed by atoms with Crippen molar-refractivity contribution in [3.8, 4) is 0 Å². The Morgan fingerprint density at radius 3 is 2.57 bits per heavy atom. The average molecular weight is 285 g/mol. The van der Waals surface area contributed by atoms with Gasteiger partial charge in [-0.2, -0.15) is 0 Å². The fourth-order valence-corrected chi connectivity index (χ4v) is 1.90. The summed E-state index contributed by atoms with van der Waals surface area (Å²) in [7, 11) is 0. The molecule has 2 aromatic carbocycles. The van der Waals surface area contributed by atoms with Crippen LogP contribution < -0.4 is 5.32 Å². The topological polar surface area (TPSA) is 58.6 Å². The van der Waals surface area contributed by atoms with Gasteiger partial charge in [0.1, 0.15) is 0 Å². The summed E-state index contributed by atoms with van der Waals surface area (Å²) < 4.78 is 5.47. The third-order valence-corrected chi connectivity index (χ3v) is 2.98. The minimum absolute atomic E-state index is 0.0378. The summed E-state index contributed by atoms with van der Waals surface area (Å²) >= 11 is 0. The molecule has 1 amide bonds. The standard InChI is InChI=1S/C17H19NO3/c19-12-15-7-4-8-16(11-15)18-17(20)9-10-21-13-14-5-2-1-3-6-14/h1-8,11,19H,9-10,12-13H2,(H,18,20). The number of rotatable bonds is 7. The zero-order valence-corrected chi connectivity index (χ0v) is 11.8. The zero-order valence-electron chi connectivity index (χ0n) is 11.8. The van der Waals surface area contributed by atoms with E-state index in [1.807, 2.05) is 30.3 Å². The lowest BCUT2D eigenvalue weighted by Gasteiger charge is -2.07. The highest BCUT2D eigenvalue weighted by atomic mass is 16.5. The summed E-state index contributed by atoms with van der Waals surface area (Å²) in [6, 6.07) is 17.0. The molecule has 2 aromatic rings.